The highest BCUT2D eigenvalue weighted by Gasteiger charge is 2.28. The summed E-state index contributed by atoms with van der Waals surface area (Å²) in [6, 6.07) is -0.988. The van der Waals surface area contributed by atoms with E-state index in [9.17, 15) is 25.2 Å². The van der Waals surface area contributed by atoms with Gasteiger partial charge in [-0.3, -0.25) is 4.79 Å². The Bertz CT molecular complexity index is 1110. The molecule has 6 heteroatoms. The highest BCUT2D eigenvalue weighted by Crippen LogP contribution is 2.19. The third-order valence-corrected chi connectivity index (χ3v) is 15.9. The first-order valence-electron chi connectivity index (χ1n) is 33.2. The molecule has 0 fully saturated rings. The second kappa shape index (κ2) is 61.6. The zero-order valence-electron chi connectivity index (χ0n) is 49.4. The van der Waals surface area contributed by atoms with E-state index >= 15 is 0 Å². The molecule has 434 valence electrons. The number of carbonyl (C=O) groups is 1. The topological polar surface area (TPSA) is 110 Å². The smallest absolute Gasteiger partial charge is 0.249 e. The molecule has 0 rings (SSSR count). The lowest BCUT2D eigenvalue weighted by molar-refractivity contribution is -0.132. The van der Waals surface area contributed by atoms with Crippen molar-refractivity contribution in [2.24, 2.45) is 0 Å². The van der Waals surface area contributed by atoms with Gasteiger partial charge < -0.3 is 25.7 Å². The summed E-state index contributed by atoms with van der Waals surface area (Å²) in [4.78, 5) is 12.6. The summed E-state index contributed by atoms with van der Waals surface area (Å²) in [7, 11) is 0. The number of hydrogen-bond donors (Lipinski definition) is 5. The molecule has 0 heterocycles. The molecular weight excluding hydrogens is 899 g/mol. The van der Waals surface area contributed by atoms with Gasteiger partial charge in [0, 0.05) is 0 Å². The molecule has 6 nitrogen and oxygen atoms in total. The number of nitrogens with one attached hydrogen (secondary N) is 1. The first-order chi connectivity index (χ1) is 36.0. The van der Waals surface area contributed by atoms with Gasteiger partial charge in [0.2, 0.25) is 5.91 Å². The molecule has 0 aromatic rings. The summed E-state index contributed by atoms with van der Waals surface area (Å²) in [6.45, 7) is 4.10. The van der Waals surface area contributed by atoms with Crippen LogP contribution in [0, 0.1) is 0 Å². The first-order valence-corrected chi connectivity index (χ1v) is 33.2. The van der Waals surface area contributed by atoms with Crippen LogP contribution >= 0.6 is 0 Å². The Morgan fingerprint density at radius 1 is 0.342 bits per heavy atom. The molecule has 0 radical (unpaired) electrons. The van der Waals surface area contributed by atoms with E-state index in [1.807, 2.05) is 0 Å². The van der Waals surface area contributed by atoms with Crippen molar-refractivity contribution in [3.63, 3.8) is 0 Å². The van der Waals surface area contributed by atoms with E-state index < -0.39 is 36.9 Å². The van der Waals surface area contributed by atoms with Crippen LogP contribution < -0.4 is 5.32 Å². The molecule has 0 saturated carbocycles. The van der Waals surface area contributed by atoms with E-state index in [1.165, 1.54) is 295 Å². The maximum absolute atomic E-state index is 12.6. The molecule has 73 heavy (non-hydrogen) atoms. The van der Waals surface area contributed by atoms with E-state index in [0.29, 0.717) is 12.8 Å². The average Bonchev–Trinajstić information content (AvgIpc) is 3.40. The largest absolute Gasteiger partial charge is 0.394 e. The van der Waals surface area contributed by atoms with Gasteiger partial charge in [0.15, 0.2) is 0 Å². The Balaban J connectivity index is 3.56. The lowest BCUT2D eigenvalue weighted by Crippen LogP contribution is -2.53. The predicted molar refractivity (Wildman–Crippen MR) is 321 cm³/mol. The van der Waals surface area contributed by atoms with Crippen molar-refractivity contribution < 1.29 is 25.2 Å². The normalized spacial score (nSPS) is 13.7. The Morgan fingerprint density at radius 2 is 0.589 bits per heavy atom. The molecular formula is C67H131NO5. The first kappa shape index (κ1) is 71.8. The quantitative estimate of drug-likeness (QED) is 0.0308. The van der Waals surface area contributed by atoms with E-state index in [0.717, 1.165) is 44.9 Å². The highest BCUT2D eigenvalue weighted by molar-refractivity contribution is 5.80. The van der Waals surface area contributed by atoms with E-state index in [-0.39, 0.29) is 0 Å². The molecule has 0 spiro atoms. The Labute approximate surface area is 456 Å². The molecule has 4 unspecified atom stereocenters. The van der Waals surface area contributed by atoms with Gasteiger partial charge in [-0.25, -0.2) is 0 Å². The molecule has 0 bridgehead atoms. The van der Waals surface area contributed by atoms with Crippen LogP contribution in [0.15, 0.2) is 24.3 Å². The summed E-state index contributed by atoms with van der Waals surface area (Å²) >= 11 is 0. The maximum Gasteiger partial charge on any atom is 0.249 e. The number of rotatable bonds is 62. The van der Waals surface area contributed by atoms with Gasteiger partial charge in [0.25, 0.3) is 0 Å². The molecule has 4 atom stereocenters. The van der Waals surface area contributed by atoms with Crippen LogP contribution in [0.5, 0.6) is 0 Å². The summed E-state index contributed by atoms with van der Waals surface area (Å²) < 4.78 is 0. The molecule has 0 aromatic heterocycles. The minimum Gasteiger partial charge on any atom is -0.394 e. The Hall–Kier alpha value is -1.21. The van der Waals surface area contributed by atoms with Crippen molar-refractivity contribution in [2.45, 2.75) is 391 Å². The SMILES string of the molecule is CCCCCCCCCCC/C=C\C/C=C\CCCCCCCCCCCCC(O)C(=O)NC(CO)C(O)C(O)CCCCCCCCCCCCCCCCCCCCCCCCCCCCCCCCC. The van der Waals surface area contributed by atoms with Gasteiger partial charge in [0.05, 0.1) is 18.8 Å². The van der Waals surface area contributed by atoms with Gasteiger partial charge in [0.1, 0.15) is 12.2 Å². The summed E-state index contributed by atoms with van der Waals surface area (Å²) in [5.41, 5.74) is 0. The minimum absolute atomic E-state index is 0.367. The average molecular weight is 1030 g/mol. The molecule has 0 aliphatic rings. The van der Waals surface area contributed by atoms with Crippen LogP contribution in [0.2, 0.25) is 0 Å². The van der Waals surface area contributed by atoms with Crippen molar-refractivity contribution in [3.05, 3.63) is 24.3 Å². The Kier molecular flexibility index (Phi) is 60.6. The van der Waals surface area contributed by atoms with Gasteiger partial charge in [-0.05, 0) is 44.9 Å². The number of amides is 1. The van der Waals surface area contributed by atoms with Crippen molar-refractivity contribution in [1.82, 2.24) is 5.32 Å². The van der Waals surface area contributed by atoms with Gasteiger partial charge in [-0.2, -0.15) is 0 Å². The van der Waals surface area contributed by atoms with Crippen LogP contribution in [-0.2, 0) is 4.79 Å². The number of carbonyl (C=O) groups excluding carboxylic acids is 1. The highest BCUT2D eigenvalue weighted by atomic mass is 16.3. The second-order valence-electron chi connectivity index (χ2n) is 23.2. The zero-order valence-corrected chi connectivity index (χ0v) is 49.4. The summed E-state index contributed by atoms with van der Waals surface area (Å²) in [5, 5.41) is 44.2. The number of aliphatic hydroxyl groups is 4. The van der Waals surface area contributed by atoms with Crippen molar-refractivity contribution in [3.8, 4) is 0 Å². The third-order valence-electron chi connectivity index (χ3n) is 15.9. The minimum atomic E-state index is -1.26. The fraction of sp³-hybridized carbons (Fsp3) is 0.925. The van der Waals surface area contributed by atoms with Crippen LogP contribution in [-0.4, -0.2) is 57.3 Å². The van der Waals surface area contributed by atoms with E-state index in [1.54, 1.807) is 0 Å². The van der Waals surface area contributed by atoms with Gasteiger partial charge in [-0.15, -0.1) is 0 Å². The summed E-state index contributed by atoms with van der Waals surface area (Å²) in [6.07, 6.45) is 77.1. The number of hydrogen-bond acceptors (Lipinski definition) is 5. The predicted octanol–water partition coefficient (Wildman–Crippen LogP) is 20.2. The zero-order chi connectivity index (χ0) is 53.0. The van der Waals surface area contributed by atoms with Gasteiger partial charge in [-0.1, -0.05) is 346 Å². The number of aliphatic hydroxyl groups excluding tert-OH is 4. The lowest BCUT2D eigenvalue weighted by atomic mass is 9.99. The molecule has 0 aromatic carbocycles. The van der Waals surface area contributed by atoms with E-state index in [4.69, 9.17) is 0 Å². The van der Waals surface area contributed by atoms with Crippen LogP contribution in [0.3, 0.4) is 0 Å². The van der Waals surface area contributed by atoms with Crippen molar-refractivity contribution in [2.75, 3.05) is 6.61 Å². The fourth-order valence-corrected chi connectivity index (χ4v) is 10.7. The second-order valence-corrected chi connectivity index (χ2v) is 23.2. The monoisotopic (exact) mass is 1030 g/mol. The molecule has 1 amide bonds. The Morgan fingerprint density at radius 3 is 0.863 bits per heavy atom. The molecule has 5 N–H and O–H groups in total. The fourth-order valence-electron chi connectivity index (χ4n) is 10.7. The standard InChI is InChI=1S/C67H131NO5/c1-3-5-7-9-11-13-15-17-19-21-23-25-27-29-31-32-33-34-35-37-38-40-42-44-46-48-50-52-54-56-58-60-64(70)66(72)63(62-69)68-67(73)65(71)61-59-57-55-53-51-49-47-45-43-41-39-36-30-28-26-24-22-20-18-16-14-12-10-8-6-4-2/h24,26,30,36,63-66,69-72H,3-23,25,27-29,31-35,37-62H2,1-2H3,(H,68,73)/b26-24-,36-30-. The van der Waals surface area contributed by atoms with E-state index in [2.05, 4.69) is 43.5 Å². The lowest BCUT2D eigenvalue weighted by Gasteiger charge is -2.27. The van der Waals surface area contributed by atoms with Crippen LogP contribution in [0.1, 0.15) is 367 Å². The number of allylic oxidation sites excluding steroid dienone is 4. The summed E-state index contributed by atoms with van der Waals surface area (Å²) in [5.74, 6) is -0.580. The van der Waals surface area contributed by atoms with Crippen LogP contribution in [0.4, 0.5) is 0 Å². The van der Waals surface area contributed by atoms with Crippen LogP contribution in [0.25, 0.3) is 0 Å². The molecule has 0 aliphatic heterocycles. The van der Waals surface area contributed by atoms with Gasteiger partial charge >= 0.3 is 0 Å². The number of unbranched alkanes of at least 4 members (excludes halogenated alkanes) is 49. The maximum atomic E-state index is 12.6. The molecule has 0 saturated heterocycles. The van der Waals surface area contributed by atoms with Crippen molar-refractivity contribution >= 4 is 5.91 Å². The van der Waals surface area contributed by atoms with Crippen molar-refractivity contribution in [1.29, 1.82) is 0 Å². The third kappa shape index (κ3) is 55.4. The molecule has 0 aliphatic carbocycles.